The van der Waals surface area contributed by atoms with E-state index in [4.69, 9.17) is 16.3 Å². The Morgan fingerprint density at radius 1 is 1.45 bits per heavy atom. The first-order chi connectivity index (χ1) is 9.43. The smallest absolute Gasteiger partial charge is 0.338 e. The Morgan fingerprint density at radius 2 is 2.15 bits per heavy atom. The molecule has 0 aliphatic heterocycles. The van der Waals surface area contributed by atoms with E-state index in [1.54, 1.807) is 20.8 Å². The Morgan fingerprint density at radius 3 is 2.70 bits per heavy atom. The summed E-state index contributed by atoms with van der Waals surface area (Å²) < 4.78 is 20.3. The van der Waals surface area contributed by atoms with Gasteiger partial charge in [-0.15, -0.1) is 5.10 Å². The van der Waals surface area contributed by atoms with Gasteiger partial charge in [-0.05, 0) is 50.1 Å². The lowest BCUT2D eigenvalue weighted by Crippen LogP contribution is -2.10. The van der Waals surface area contributed by atoms with Crippen molar-refractivity contribution >= 4 is 17.6 Å². The van der Waals surface area contributed by atoms with Gasteiger partial charge in [-0.2, -0.15) is 0 Å². The van der Waals surface area contributed by atoms with E-state index >= 15 is 0 Å². The number of aromatic nitrogens is 3. The van der Waals surface area contributed by atoms with Crippen molar-refractivity contribution in [1.29, 1.82) is 0 Å². The molecule has 0 unspecified atom stereocenters. The van der Waals surface area contributed by atoms with Gasteiger partial charge >= 0.3 is 5.97 Å². The van der Waals surface area contributed by atoms with Crippen LogP contribution in [0, 0.1) is 19.7 Å². The molecule has 2 rings (SSSR count). The molecule has 7 heteroatoms. The van der Waals surface area contributed by atoms with E-state index in [0.29, 0.717) is 11.4 Å². The third kappa shape index (κ3) is 2.65. The van der Waals surface area contributed by atoms with Crippen molar-refractivity contribution in [3.63, 3.8) is 0 Å². The van der Waals surface area contributed by atoms with Gasteiger partial charge in [0.05, 0.1) is 12.2 Å². The van der Waals surface area contributed by atoms with Crippen molar-refractivity contribution < 1.29 is 13.9 Å². The first-order valence-electron chi connectivity index (χ1n) is 6.00. The molecule has 0 N–H and O–H groups in total. The van der Waals surface area contributed by atoms with E-state index in [0.717, 1.165) is 0 Å². The molecule has 1 aromatic carbocycles. The van der Waals surface area contributed by atoms with Crippen molar-refractivity contribution in [2.75, 3.05) is 6.61 Å². The molecule has 106 valence electrons. The van der Waals surface area contributed by atoms with Crippen LogP contribution in [-0.2, 0) is 4.74 Å². The average Bonchev–Trinajstić information content (AvgIpc) is 2.68. The number of esters is 1. The highest BCUT2D eigenvalue weighted by Gasteiger charge is 2.17. The minimum Gasteiger partial charge on any atom is -0.462 e. The molecule has 0 saturated carbocycles. The summed E-state index contributed by atoms with van der Waals surface area (Å²) in [7, 11) is 0. The van der Waals surface area contributed by atoms with Crippen LogP contribution in [0.5, 0.6) is 0 Å². The lowest BCUT2D eigenvalue weighted by Gasteiger charge is -2.10. The number of nitrogens with zero attached hydrogens (tertiary/aromatic N) is 3. The number of carbonyl (C=O) groups is 1. The van der Waals surface area contributed by atoms with Crippen molar-refractivity contribution in [3.8, 4) is 5.69 Å². The number of benzene rings is 1. The number of hydrogen-bond acceptors (Lipinski definition) is 4. The third-order valence-electron chi connectivity index (χ3n) is 2.76. The van der Waals surface area contributed by atoms with Crippen LogP contribution in [-0.4, -0.2) is 27.3 Å². The standard InChI is InChI=1S/C13H13ClFN3O2/c1-4-20-12(19)9-6-11(10(15)5-7(9)2)18-8(3)16-13(14)17-18/h5-6H,4H2,1-3H3. The quantitative estimate of drug-likeness (QED) is 0.818. The van der Waals surface area contributed by atoms with Crippen LogP contribution >= 0.6 is 11.6 Å². The number of ether oxygens (including phenoxy) is 1. The van der Waals surface area contributed by atoms with Gasteiger partial charge in [-0.25, -0.2) is 18.9 Å². The molecule has 0 aliphatic carbocycles. The summed E-state index contributed by atoms with van der Waals surface area (Å²) >= 11 is 5.69. The molecular formula is C13H13ClFN3O2. The van der Waals surface area contributed by atoms with Gasteiger partial charge in [-0.1, -0.05) is 0 Å². The van der Waals surface area contributed by atoms with E-state index in [1.807, 2.05) is 0 Å². The van der Waals surface area contributed by atoms with Crippen molar-refractivity contribution in [3.05, 3.63) is 40.2 Å². The second-order valence-electron chi connectivity index (χ2n) is 4.18. The monoisotopic (exact) mass is 297 g/mol. The van der Waals surface area contributed by atoms with Crippen LogP contribution in [0.3, 0.4) is 0 Å². The van der Waals surface area contributed by atoms with E-state index in [1.165, 1.54) is 16.8 Å². The average molecular weight is 298 g/mol. The summed E-state index contributed by atoms with van der Waals surface area (Å²) in [5, 5.41) is 3.91. The predicted molar refractivity (Wildman–Crippen MR) is 71.8 cm³/mol. The number of hydrogen-bond donors (Lipinski definition) is 0. The fraction of sp³-hybridized carbons (Fsp3) is 0.308. The van der Waals surface area contributed by atoms with Gasteiger partial charge in [0.2, 0.25) is 5.28 Å². The van der Waals surface area contributed by atoms with Crippen LogP contribution in [0.1, 0.15) is 28.7 Å². The van der Waals surface area contributed by atoms with Crippen molar-refractivity contribution in [1.82, 2.24) is 14.8 Å². The molecule has 1 aromatic heterocycles. The van der Waals surface area contributed by atoms with Gasteiger partial charge in [-0.3, -0.25) is 0 Å². The van der Waals surface area contributed by atoms with Crippen molar-refractivity contribution in [2.24, 2.45) is 0 Å². The number of halogens is 2. The van der Waals surface area contributed by atoms with Gasteiger partial charge in [0.1, 0.15) is 17.3 Å². The zero-order chi connectivity index (χ0) is 14.9. The van der Waals surface area contributed by atoms with E-state index in [2.05, 4.69) is 10.1 Å². The van der Waals surface area contributed by atoms with Gasteiger partial charge < -0.3 is 4.74 Å². The van der Waals surface area contributed by atoms with Crippen LogP contribution in [0.2, 0.25) is 5.28 Å². The van der Waals surface area contributed by atoms with E-state index in [-0.39, 0.29) is 23.1 Å². The van der Waals surface area contributed by atoms with E-state index < -0.39 is 11.8 Å². The third-order valence-corrected chi connectivity index (χ3v) is 2.92. The molecule has 0 amide bonds. The molecule has 5 nitrogen and oxygen atoms in total. The minimum absolute atomic E-state index is 0.0140. The molecule has 2 aromatic rings. The Labute approximate surface area is 120 Å². The summed E-state index contributed by atoms with van der Waals surface area (Å²) in [5.41, 5.74) is 0.887. The topological polar surface area (TPSA) is 57.0 Å². The lowest BCUT2D eigenvalue weighted by molar-refractivity contribution is 0.0525. The first-order valence-corrected chi connectivity index (χ1v) is 6.38. The molecule has 0 aliphatic rings. The predicted octanol–water partition coefficient (Wildman–Crippen LogP) is 2.85. The van der Waals surface area contributed by atoms with Crippen LogP contribution in [0.4, 0.5) is 4.39 Å². The van der Waals surface area contributed by atoms with E-state index in [9.17, 15) is 9.18 Å². The zero-order valence-electron chi connectivity index (χ0n) is 11.3. The molecule has 0 atom stereocenters. The molecule has 0 saturated heterocycles. The van der Waals surface area contributed by atoms with Gasteiger partial charge in [0.15, 0.2) is 0 Å². The summed E-state index contributed by atoms with van der Waals surface area (Å²) in [5.74, 6) is -0.595. The van der Waals surface area contributed by atoms with Crippen LogP contribution in [0.15, 0.2) is 12.1 Å². The fourth-order valence-corrected chi connectivity index (χ4v) is 2.04. The first kappa shape index (κ1) is 14.5. The second-order valence-corrected chi connectivity index (χ2v) is 4.52. The normalized spacial score (nSPS) is 10.7. The summed E-state index contributed by atoms with van der Waals surface area (Å²) in [6, 6.07) is 2.65. The highest BCUT2D eigenvalue weighted by molar-refractivity contribution is 6.28. The molecule has 0 bridgehead atoms. The number of aryl methyl sites for hydroxylation is 2. The molecule has 1 heterocycles. The minimum atomic E-state index is -0.514. The summed E-state index contributed by atoms with van der Waals surface area (Å²) in [6.07, 6.45) is 0. The highest BCUT2D eigenvalue weighted by Crippen LogP contribution is 2.21. The number of carbonyl (C=O) groups excluding carboxylic acids is 1. The lowest BCUT2D eigenvalue weighted by atomic mass is 10.1. The number of rotatable bonds is 3. The maximum absolute atomic E-state index is 14.1. The molecular weight excluding hydrogens is 285 g/mol. The van der Waals surface area contributed by atoms with Crippen LogP contribution < -0.4 is 0 Å². The molecule has 20 heavy (non-hydrogen) atoms. The molecule has 0 fully saturated rings. The summed E-state index contributed by atoms with van der Waals surface area (Å²) in [4.78, 5) is 15.7. The largest absolute Gasteiger partial charge is 0.462 e. The van der Waals surface area contributed by atoms with Crippen molar-refractivity contribution in [2.45, 2.75) is 20.8 Å². The van der Waals surface area contributed by atoms with Crippen LogP contribution in [0.25, 0.3) is 5.69 Å². The maximum atomic E-state index is 14.1. The van der Waals surface area contributed by atoms with Gasteiger partial charge in [0.25, 0.3) is 0 Å². The van der Waals surface area contributed by atoms with Gasteiger partial charge in [0, 0.05) is 0 Å². The Balaban J connectivity index is 2.57. The SMILES string of the molecule is CCOC(=O)c1cc(-n2nc(Cl)nc2C)c(F)cc1C. The Kier molecular flexibility index (Phi) is 4.04. The Bertz CT molecular complexity index is 670. The highest BCUT2D eigenvalue weighted by atomic mass is 35.5. The Hall–Kier alpha value is -1.95. The molecule has 0 radical (unpaired) electrons. The second kappa shape index (κ2) is 5.58. The fourth-order valence-electron chi connectivity index (χ4n) is 1.84. The summed E-state index contributed by atoms with van der Waals surface area (Å²) in [6.45, 7) is 5.24. The molecule has 0 spiro atoms. The zero-order valence-corrected chi connectivity index (χ0v) is 12.0. The maximum Gasteiger partial charge on any atom is 0.338 e.